The third-order valence-electron chi connectivity index (χ3n) is 3.32. The molecule has 2 aromatic rings. The Morgan fingerprint density at radius 3 is 2.30 bits per heavy atom. The highest BCUT2D eigenvalue weighted by Gasteiger charge is 2.31. The number of halogens is 3. The molecule has 0 aliphatic heterocycles. The Morgan fingerprint density at radius 1 is 1.15 bits per heavy atom. The van der Waals surface area contributed by atoms with Crippen LogP contribution in [0.15, 0.2) is 36.5 Å². The summed E-state index contributed by atoms with van der Waals surface area (Å²) in [7, 11) is 0. The van der Waals surface area contributed by atoms with Gasteiger partial charge in [0.15, 0.2) is 11.9 Å². The summed E-state index contributed by atoms with van der Waals surface area (Å²) in [6.45, 7) is 2.66. The van der Waals surface area contributed by atoms with E-state index < -0.39 is 30.1 Å². The number of rotatable bonds is 6. The van der Waals surface area contributed by atoms with E-state index >= 15 is 0 Å². The van der Waals surface area contributed by atoms with Gasteiger partial charge in [0.2, 0.25) is 0 Å². The first-order chi connectivity index (χ1) is 12.5. The van der Waals surface area contributed by atoms with Gasteiger partial charge in [0.05, 0.1) is 0 Å². The molecule has 0 aliphatic rings. The van der Waals surface area contributed by atoms with Crippen LogP contribution in [0.5, 0.6) is 5.75 Å². The second kappa shape index (κ2) is 7.94. The van der Waals surface area contributed by atoms with Crippen LogP contribution in [0, 0.1) is 0 Å². The minimum atomic E-state index is -4.81. The molecule has 1 heterocycles. The Labute approximate surface area is 151 Å². The molecule has 2 rings (SSSR count). The van der Waals surface area contributed by atoms with Gasteiger partial charge in [-0.25, -0.2) is 4.79 Å². The smallest absolute Gasteiger partial charge is 0.448 e. The Balaban J connectivity index is 1.92. The molecule has 1 aromatic heterocycles. The van der Waals surface area contributed by atoms with Gasteiger partial charge in [0, 0.05) is 17.4 Å². The highest BCUT2D eigenvalue weighted by Crippen LogP contribution is 2.24. The van der Waals surface area contributed by atoms with Crippen molar-refractivity contribution in [1.29, 1.82) is 0 Å². The van der Waals surface area contributed by atoms with Crippen LogP contribution in [0.1, 0.15) is 34.7 Å². The van der Waals surface area contributed by atoms with Gasteiger partial charge in [-0.1, -0.05) is 0 Å². The molecule has 1 atom stereocenters. The molecular formula is C17H15F3N2O5. The second-order valence-corrected chi connectivity index (χ2v) is 5.47. The number of esters is 1. The van der Waals surface area contributed by atoms with Gasteiger partial charge in [-0.05, 0) is 44.2 Å². The molecular weight excluding hydrogens is 369 g/mol. The molecule has 1 unspecified atom stereocenters. The topological polar surface area (TPSA) is 97.5 Å². The van der Waals surface area contributed by atoms with Crippen molar-refractivity contribution in [3.05, 3.63) is 47.8 Å². The molecule has 0 spiro atoms. The average Bonchev–Trinajstić information content (AvgIpc) is 3.05. The Kier molecular flexibility index (Phi) is 5.88. The lowest BCUT2D eigenvalue weighted by Crippen LogP contribution is -2.30. The van der Waals surface area contributed by atoms with Crippen LogP contribution in [-0.2, 0) is 9.53 Å². The maximum atomic E-state index is 12.1. The summed E-state index contributed by atoms with van der Waals surface area (Å²) in [4.78, 5) is 37.8. The van der Waals surface area contributed by atoms with Crippen molar-refractivity contribution < 1.29 is 37.0 Å². The van der Waals surface area contributed by atoms with E-state index in [1.165, 1.54) is 38.2 Å². The number of ether oxygens (including phenoxy) is 2. The van der Waals surface area contributed by atoms with E-state index in [1.807, 2.05) is 0 Å². The number of hydrogen-bond acceptors (Lipinski definition) is 5. The fraction of sp³-hybridized carbons (Fsp3) is 0.235. The van der Waals surface area contributed by atoms with Crippen molar-refractivity contribution >= 4 is 23.3 Å². The lowest BCUT2D eigenvalue weighted by atomic mass is 10.2. The Hall–Kier alpha value is -3.30. The first-order valence-electron chi connectivity index (χ1n) is 7.62. The summed E-state index contributed by atoms with van der Waals surface area (Å²) >= 11 is 0. The number of aromatic amines is 1. The largest absolute Gasteiger partial charge is 0.573 e. The van der Waals surface area contributed by atoms with Crippen molar-refractivity contribution in [2.75, 3.05) is 5.32 Å². The fourth-order valence-electron chi connectivity index (χ4n) is 1.98. The highest BCUT2D eigenvalue weighted by atomic mass is 19.4. The zero-order valence-electron chi connectivity index (χ0n) is 14.2. The third-order valence-corrected chi connectivity index (χ3v) is 3.32. The molecule has 144 valence electrons. The number of nitrogens with one attached hydrogen (secondary N) is 2. The minimum Gasteiger partial charge on any atom is -0.448 e. The molecule has 1 aromatic carbocycles. The van der Waals surface area contributed by atoms with E-state index in [-0.39, 0.29) is 17.2 Å². The van der Waals surface area contributed by atoms with E-state index in [0.29, 0.717) is 5.56 Å². The Morgan fingerprint density at radius 2 is 1.78 bits per heavy atom. The zero-order valence-corrected chi connectivity index (χ0v) is 14.2. The van der Waals surface area contributed by atoms with Crippen molar-refractivity contribution in [3.63, 3.8) is 0 Å². The number of anilines is 1. The monoisotopic (exact) mass is 384 g/mol. The van der Waals surface area contributed by atoms with Gasteiger partial charge in [-0.3, -0.25) is 9.59 Å². The number of hydrogen-bond donors (Lipinski definition) is 2. The Bertz CT molecular complexity index is 843. The normalized spacial score (nSPS) is 12.2. The summed E-state index contributed by atoms with van der Waals surface area (Å²) in [5.74, 6) is -2.20. The molecule has 2 N–H and O–H groups in total. The van der Waals surface area contributed by atoms with Crippen LogP contribution >= 0.6 is 0 Å². The number of carbonyl (C=O) groups is 3. The van der Waals surface area contributed by atoms with Gasteiger partial charge < -0.3 is 19.8 Å². The SMILES string of the molecule is CC(=O)c1c[nH]c(C(=O)OC(C)C(=O)Nc2ccc(OC(F)(F)F)cc2)c1. The predicted molar refractivity (Wildman–Crippen MR) is 87.4 cm³/mol. The number of Topliss-reactive ketones (excluding diaryl/α,β-unsaturated/α-hetero) is 1. The number of benzene rings is 1. The summed E-state index contributed by atoms with van der Waals surface area (Å²) in [5, 5.41) is 2.39. The molecule has 0 saturated heterocycles. The van der Waals surface area contributed by atoms with E-state index in [2.05, 4.69) is 15.0 Å². The number of H-pyrrole nitrogens is 1. The second-order valence-electron chi connectivity index (χ2n) is 5.47. The zero-order chi connectivity index (χ0) is 20.2. The van der Waals surface area contributed by atoms with Crippen LogP contribution in [0.3, 0.4) is 0 Å². The van der Waals surface area contributed by atoms with Crippen LogP contribution in [0.4, 0.5) is 18.9 Å². The maximum absolute atomic E-state index is 12.1. The fourth-order valence-corrected chi connectivity index (χ4v) is 1.98. The molecule has 0 saturated carbocycles. The minimum absolute atomic E-state index is 0.00787. The number of aromatic nitrogens is 1. The van der Waals surface area contributed by atoms with Crippen molar-refractivity contribution in [2.45, 2.75) is 26.3 Å². The molecule has 7 nitrogen and oxygen atoms in total. The maximum Gasteiger partial charge on any atom is 0.573 e. The first-order valence-corrected chi connectivity index (χ1v) is 7.62. The van der Waals surface area contributed by atoms with Crippen LogP contribution in [0.25, 0.3) is 0 Å². The molecule has 1 amide bonds. The van der Waals surface area contributed by atoms with Crippen molar-refractivity contribution in [2.24, 2.45) is 0 Å². The lowest BCUT2D eigenvalue weighted by molar-refractivity contribution is -0.274. The van der Waals surface area contributed by atoms with Gasteiger partial charge in [0.25, 0.3) is 5.91 Å². The van der Waals surface area contributed by atoms with Crippen LogP contribution < -0.4 is 10.1 Å². The van der Waals surface area contributed by atoms with E-state index in [4.69, 9.17) is 4.74 Å². The van der Waals surface area contributed by atoms with Crippen LogP contribution in [-0.4, -0.2) is 35.1 Å². The van der Waals surface area contributed by atoms with Crippen molar-refractivity contribution in [3.8, 4) is 5.75 Å². The highest BCUT2D eigenvalue weighted by molar-refractivity contribution is 5.99. The lowest BCUT2D eigenvalue weighted by Gasteiger charge is -2.13. The van der Waals surface area contributed by atoms with Gasteiger partial charge in [-0.15, -0.1) is 13.2 Å². The van der Waals surface area contributed by atoms with E-state index in [9.17, 15) is 27.6 Å². The van der Waals surface area contributed by atoms with E-state index in [1.54, 1.807) is 0 Å². The van der Waals surface area contributed by atoms with Gasteiger partial charge >= 0.3 is 12.3 Å². The molecule has 0 aliphatic carbocycles. The van der Waals surface area contributed by atoms with Crippen LogP contribution in [0.2, 0.25) is 0 Å². The average molecular weight is 384 g/mol. The third kappa shape index (κ3) is 5.87. The summed E-state index contributed by atoms with van der Waals surface area (Å²) in [5.41, 5.74) is 0.491. The quantitative estimate of drug-likeness (QED) is 0.588. The summed E-state index contributed by atoms with van der Waals surface area (Å²) < 4.78 is 45.0. The van der Waals surface area contributed by atoms with Gasteiger partial charge in [0.1, 0.15) is 11.4 Å². The molecule has 27 heavy (non-hydrogen) atoms. The molecule has 0 bridgehead atoms. The van der Waals surface area contributed by atoms with E-state index in [0.717, 1.165) is 12.1 Å². The number of alkyl halides is 3. The standard InChI is InChI=1S/C17H15F3N2O5/c1-9(23)11-7-14(21-8-11)16(25)26-10(2)15(24)22-12-3-5-13(6-4-12)27-17(18,19)20/h3-8,10,21H,1-2H3,(H,22,24). The molecule has 0 fully saturated rings. The molecule has 10 heteroatoms. The molecule has 0 radical (unpaired) electrons. The predicted octanol–water partition coefficient (Wildman–Crippen LogP) is 3.30. The van der Waals surface area contributed by atoms with Crippen molar-refractivity contribution in [1.82, 2.24) is 4.98 Å². The first kappa shape index (κ1) is 20.0. The number of carbonyl (C=O) groups excluding carboxylic acids is 3. The number of ketones is 1. The number of amides is 1. The van der Waals surface area contributed by atoms with Gasteiger partial charge in [-0.2, -0.15) is 0 Å². The summed E-state index contributed by atoms with van der Waals surface area (Å²) in [6.07, 6.45) is -4.66. The summed E-state index contributed by atoms with van der Waals surface area (Å²) in [6, 6.07) is 5.77.